The molecule has 0 aliphatic rings. The summed E-state index contributed by atoms with van der Waals surface area (Å²) in [5, 5.41) is 2.63. The lowest BCUT2D eigenvalue weighted by molar-refractivity contribution is -0.136. The molecule has 0 aromatic heterocycles. The summed E-state index contributed by atoms with van der Waals surface area (Å²) in [6.45, 7) is 3.00. The van der Waals surface area contributed by atoms with E-state index in [-0.39, 0.29) is 23.0 Å². The van der Waals surface area contributed by atoms with Crippen LogP contribution < -0.4 is 5.32 Å². The first-order chi connectivity index (χ1) is 13.2. The predicted octanol–water partition coefficient (Wildman–Crippen LogP) is 3.35. The lowest BCUT2D eigenvalue weighted by Crippen LogP contribution is -2.37. The molecule has 0 radical (unpaired) electrons. The average Bonchev–Trinajstić information content (AvgIpc) is 2.62. The Labute approximate surface area is 167 Å². The van der Waals surface area contributed by atoms with Crippen molar-refractivity contribution in [2.45, 2.75) is 13.8 Å². The standard InChI is InChI=1S/C20H20ClFN2O4/c1-12-4-5-13(2)17(8-12)23-18(25)10-24(3)19(26)11-28-20(27)15-7-6-14(22)9-16(15)21/h4-9H,10-11H2,1-3H3,(H,23,25). The van der Waals surface area contributed by atoms with E-state index < -0.39 is 24.3 Å². The Morgan fingerprint density at radius 3 is 2.54 bits per heavy atom. The van der Waals surface area contributed by atoms with Crippen molar-refractivity contribution in [2.75, 3.05) is 25.5 Å². The lowest BCUT2D eigenvalue weighted by Gasteiger charge is -2.17. The first-order valence-electron chi connectivity index (χ1n) is 8.40. The molecule has 0 fully saturated rings. The van der Waals surface area contributed by atoms with E-state index in [9.17, 15) is 18.8 Å². The summed E-state index contributed by atoms with van der Waals surface area (Å²) >= 11 is 5.78. The number of nitrogens with one attached hydrogen (secondary N) is 1. The van der Waals surface area contributed by atoms with Crippen LogP contribution in [0.1, 0.15) is 21.5 Å². The van der Waals surface area contributed by atoms with Crippen LogP contribution in [0.4, 0.5) is 10.1 Å². The van der Waals surface area contributed by atoms with Gasteiger partial charge in [0.05, 0.1) is 17.1 Å². The highest BCUT2D eigenvalue weighted by molar-refractivity contribution is 6.33. The monoisotopic (exact) mass is 406 g/mol. The van der Waals surface area contributed by atoms with Crippen LogP contribution in [0.25, 0.3) is 0 Å². The number of carbonyl (C=O) groups excluding carboxylic acids is 3. The van der Waals surface area contributed by atoms with Crippen molar-refractivity contribution in [1.82, 2.24) is 4.90 Å². The minimum Gasteiger partial charge on any atom is -0.452 e. The molecule has 0 heterocycles. The van der Waals surface area contributed by atoms with Gasteiger partial charge in [-0.05, 0) is 49.2 Å². The zero-order chi connectivity index (χ0) is 20.8. The van der Waals surface area contributed by atoms with Crippen LogP contribution in [-0.2, 0) is 14.3 Å². The highest BCUT2D eigenvalue weighted by Gasteiger charge is 2.18. The lowest BCUT2D eigenvalue weighted by atomic mass is 10.1. The summed E-state index contributed by atoms with van der Waals surface area (Å²) in [5.41, 5.74) is 2.52. The zero-order valence-electron chi connectivity index (χ0n) is 15.7. The first-order valence-corrected chi connectivity index (χ1v) is 8.78. The molecule has 2 rings (SSSR count). The number of halogens is 2. The number of amides is 2. The van der Waals surface area contributed by atoms with Crippen molar-refractivity contribution >= 4 is 35.1 Å². The Bertz CT molecular complexity index is 917. The van der Waals surface area contributed by atoms with Gasteiger partial charge in [-0.15, -0.1) is 0 Å². The largest absolute Gasteiger partial charge is 0.452 e. The van der Waals surface area contributed by atoms with Gasteiger partial charge in [-0.25, -0.2) is 9.18 Å². The van der Waals surface area contributed by atoms with E-state index in [1.54, 1.807) is 0 Å². The van der Waals surface area contributed by atoms with E-state index in [0.29, 0.717) is 5.69 Å². The Balaban J connectivity index is 1.87. The molecule has 1 N–H and O–H groups in total. The molecule has 2 aromatic rings. The van der Waals surface area contributed by atoms with Crippen LogP contribution in [-0.4, -0.2) is 42.9 Å². The van der Waals surface area contributed by atoms with Gasteiger partial charge >= 0.3 is 5.97 Å². The SMILES string of the molecule is Cc1ccc(C)c(NC(=O)CN(C)C(=O)COC(=O)c2ccc(F)cc2Cl)c1. The molecular weight excluding hydrogens is 387 g/mol. The molecule has 0 aliphatic carbocycles. The number of rotatable bonds is 6. The van der Waals surface area contributed by atoms with E-state index in [1.165, 1.54) is 13.1 Å². The topological polar surface area (TPSA) is 75.7 Å². The van der Waals surface area contributed by atoms with Crippen LogP contribution >= 0.6 is 11.6 Å². The smallest absolute Gasteiger partial charge is 0.340 e. The predicted molar refractivity (Wildman–Crippen MR) is 104 cm³/mol. The molecule has 8 heteroatoms. The van der Waals surface area contributed by atoms with Crippen molar-refractivity contribution in [3.8, 4) is 0 Å². The molecule has 0 aliphatic heterocycles. The Morgan fingerprint density at radius 1 is 1.14 bits per heavy atom. The van der Waals surface area contributed by atoms with Crippen LogP contribution in [0.15, 0.2) is 36.4 Å². The van der Waals surface area contributed by atoms with Crippen molar-refractivity contribution in [1.29, 1.82) is 0 Å². The number of benzene rings is 2. The van der Waals surface area contributed by atoms with Gasteiger partial charge in [0.25, 0.3) is 5.91 Å². The summed E-state index contributed by atoms with van der Waals surface area (Å²) in [7, 11) is 1.42. The van der Waals surface area contributed by atoms with Crippen LogP contribution in [0.2, 0.25) is 5.02 Å². The van der Waals surface area contributed by atoms with Crippen molar-refractivity contribution < 1.29 is 23.5 Å². The molecule has 2 aromatic carbocycles. The Kier molecular flexibility index (Phi) is 7.12. The summed E-state index contributed by atoms with van der Waals surface area (Å²) in [6.07, 6.45) is 0. The highest BCUT2D eigenvalue weighted by atomic mass is 35.5. The summed E-state index contributed by atoms with van der Waals surface area (Å²) in [5.74, 6) is -2.39. The number of likely N-dealkylation sites (N-methyl/N-ethyl adjacent to an activating group) is 1. The second-order valence-electron chi connectivity index (χ2n) is 6.32. The molecule has 0 saturated carbocycles. The maximum absolute atomic E-state index is 13.0. The number of hydrogen-bond donors (Lipinski definition) is 1. The third-order valence-corrected chi connectivity index (χ3v) is 4.26. The summed E-state index contributed by atoms with van der Waals surface area (Å²) < 4.78 is 17.9. The third kappa shape index (κ3) is 5.79. The number of carbonyl (C=O) groups is 3. The van der Waals surface area contributed by atoms with Gasteiger partial charge < -0.3 is 15.0 Å². The number of anilines is 1. The van der Waals surface area contributed by atoms with Gasteiger partial charge in [0.1, 0.15) is 5.82 Å². The van der Waals surface area contributed by atoms with Gasteiger partial charge in [-0.2, -0.15) is 0 Å². The zero-order valence-corrected chi connectivity index (χ0v) is 16.5. The van der Waals surface area contributed by atoms with E-state index >= 15 is 0 Å². The molecule has 6 nitrogen and oxygen atoms in total. The maximum atomic E-state index is 13.0. The van der Waals surface area contributed by atoms with Crippen molar-refractivity contribution in [3.63, 3.8) is 0 Å². The van der Waals surface area contributed by atoms with Gasteiger partial charge in [0, 0.05) is 12.7 Å². The molecule has 0 saturated heterocycles. The van der Waals surface area contributed by atoms with E-state index in [0.717, 1.165) is 28.2 Å². The second kappa shape index (κ2) is 9.32. The first kappa shape index (κ1) is 21.4. The van der Waals surface area contributed by atoms with Gasteiger partial charge in [-0.3, -0.25) is 9.59 Å². The van der Waals surface area contributed by atoms with Crippen LogP contribution in [0, 0.1) is 19.7 Å². The molecule has 0 bridgehead atoms. The highest BCUT2D eigenvalue weighted by Crippen LogP contribution is 2.18. The molecule has 0 unspecified atom stereocenters. The molecule has 0 spiro atoms. The normalized spacial score (nSPS) is 10.3. The number of nitrogens with zero attached hydrogens (tertiary/aromatic N) is 1. The third-order valence-electron chi connectivity index (χ3n) is 3.95. The van der Waals surface area contributed by atoms with Crippen molar-refractivity contribution in [2.24, 2.45) is 0 Å². The number of hydrogen-bond acceptors (Lipinski definition) is 4. The van der Waals surface area contributed by atoms with E-state index in [4.69, 9.17) is 16.3 Å². The fraction of sp³-hybridized carbons (Fsp3) is 0.250. The fourth-order valence-electron chi connectivity index (χ4n) is 2.33. The van der Waals surface area contributed by atoms with Crippen molar-refractivity contribution in [3.05, 3.63) is 63.9 Å². The molecule has 2 amide bonds. The molecule has 0 atom stereocenters. The van der Waals surface area contributed by atoms with Gasteiger partial charge in [0.2, 0.25) is 5.91 Å². The van der Waals surface area contributed by atoms with E-state index in [1.807, 2.05) is 32.0 Å². The quantitative estimate of drug-likeness (QED) is 0.746. The minimum atomic E-state index is -0.855. The number of esters is 1. The number of ether oxygens (including phenoxy) is 1. The van der Waals surface area contributed by atoms with Gasteiger partial charge in [-0.1, -0.05) is 23.7 Å². The average molecular weight is 407 g/mol. The van der Waals surface area contributed by atoms with E-state index in [2.05, 4.69) is 5.32 Å². The maximum Gasteiger partial charge on any atom is 0.340 e. The molecule has 148 valence electrons. The second-order valence-corrected chi connectivity index (χ2v) is 6.72. The molecular formula is C20H20ClFN2O4. The summed E-state index contributed by atoms with van der Waals surface area (Å²) in [6, 6.07) is 8.87. The van der Waals surface area contributed by atoms with Gasteiger partial charge in [0.15, 0.2) is 6.61 Å². The Hall–Kier alpha value is -2.93. The number of aryl methyl sites for hydroxylation is 2. The minimum absolute atomic E-state index is 0.0498. The Morgan fingerprint density at radius 2 is 1.86 bits per heavy atom. The van der Waals surface area contributed by atoms with Crippen LogP contribution in [0.3, 0.4) is 0 Å². The summed E-state index contributed by atoms with van der Waals surface area (Å²) in [4.78, 5) is 37.4. The fourth-order valence-corrected chi connectivity index (χ4v) is 2.58. The molecule has 28 heavy (non-hydrogen) atoms. The van der Waals surface area contributed by atoms with Crippen LogP contribution in [0.5, 0.6) is 0 Å².